The zero-order valence-corrected chi connectivity index (χ0v) is 17.1. The van der Waals surface area contributed by atoms with Gasteiger partial charge in [-0.1, -0.05) is 35.2 Å². The molecule has 0 radical (unpaired) electrons. The van der Waals surface area contributed by atoms with Crippen LogP contribution in [0.1, 0.15) is 5.82 Å². The summed E-state index contributed by atoms with van der Waals surface area (Å²) in [7, 11) is 0. The third kappa shape index (κ3) is 4.07. The average molecular weight is 442 g/mol. The fourth-order valence-electron chi connectivity index (χ4n) is 2.59. The topological polar surface area (TPSA) is 90.5 Å². The number of aromatic amines is 1. The molecule has 0 saturated heterocycles. The van der Waals surface area contributed by atoms with E-state index in [2.05, 4.69) is 15.1 Å². The summed E-state index contributed by atoms with van der Waals surface area (Å²) in [5.41, 5.74) is 2.23. The smallest absolute Gasteiger partial charge is 0.184 e. The van der Waals surface area contributed by atoms with E-state index in [4.69, 9.17) is 12.2 Å². The highest BCUT2D eigenvalue weighted by Gasteiger charge is 2.15. The van der Waals surface area contributed by atoms with Crippen molar-refractivity contribution in [1.29, 1.82) is 5.26 Å². The molecule has 0 atom stereocenters. The van der Waals surface area contributed by atoms with Gasteiger partial charge < -0.3 is 10.1 Å². The first-order valence-electron chi connectivity index (χ1n) is 8.31. The molecule has 0 spiro atoms. The molecule has 6 nitrogen and oxygen atoms in total. The number of aromatic nitrogens is 4. The zero-order valence-electron chi connectivity index (χ0n) is 14.7. The molecule has 0 aliphatic rings. The second-order valence-electron chi connectivity index (χ2n) is 5.85. The Morgan fingerprint density at radius 3 is 2.76 bits per heavy atom. The van der Waals surface area contributed by atoms with Crippen LogP contribution in [0.2, 0.25) is 0 Å². The minimum absolute atomic E-state index is 0.0789. The first-order valence-corrected chi connectivity index (χ1v) is 10.5. The summed E-state index contributed by atoms with van der Waals surface area (Å²) < 4.78 is 15.8. The largest absolute Gasteiger partial charge is 0.510 e. The minimum atomic E-state index is -0.338. The van der Waals surface area contributed by atoms with E-state index in [1.165, 1.54) is 39.9 Å². The Hall–Kier alpha value is -3.00. The molecule has 2 aromatic heterocycles. The molecule has 4 aromatic rings. The van der Waals surface area contributed by atoms with Crippen LogP contribution in [0.25, 0.3) is 22.3 Å². The summed E-state index contributed by atoms with van der Waals surface area (Å²) in [6, 6.07) is 15.2. The van der Waals surface area contributed by atoms with E-state index in [9.17, 15) is 14.8 Å². The van der Waals surface area contributed by atoms with Crippen LogP contribution < -0.4 is 0 Å². The van der Waals surface area contributed by atoms with Crippen LogP contribution in [0.5, 0.6) is 0 Å². The monoisotopic (exact) mass is 441 g/mol. The number of nitrogens with one attached hydrogen (secondary N) is 1. The number of hydrogen-bond acceptors (Lipinski definition) is 7. The number of aliphatic hydroxyl groups is 1. The number of nitriles is 1. The maximum Gasteiger partial charge on any atom is 0.184 e. The average Bonchev–Trinajstić information content (AvgIpc) is 3.31. The van der Waals surface area contributed by atoms with E-state index < -0.39 is 0 Å². The van der Waals surface area contributed by atoms with Crippen LogP contribution in [0.4, 0.5) is 4.39 Å². The molecular weight excluding hydrogens is 429 g/mol. The van der Waals surface area contributed by atoms with E-state index >= 15 is 0 Å². The Morgan fingerprint density at radius 1 is 1.28 bits per heavy atom. The Kier molecular flexibility index (Phi) is 5.44. The summed E-state index contributed by atoms with van der Waals surface area (Å²) in [6.45, 7) is 0. The number of hydrogen-bond donors (Lipinski definition) is 2. The van der Waals surface area contributed by atoms with Gasteiger partial charge in [-0.25, -0.2) is 14.1 Å². The quantitative estimate of drug-likeness (QED) is 0.190. The molecular formula is C19H12FN5OS3. The van der Waals surface area contributed by atoms with Crippen LogP contribution >= 0.6 is 35.3 Å². The standard InChI is InChI=1S/C19H12FN5OS3/c20-11-5-7-12(8-6-11)25-19(27)29-18(24-25)28-10-16(26)13(9-21)17-22-14-3-1-2-4-15(14)23-17/h1-8,26H,10H2,(H,22,23). The molecule has 0 amide bonds. The van der Waals surface area contributed by atoms with E-state index in [1.807, 2.05) is 30.3 Å². The predicted molar refractivity (Wildman–Crippen MR) is 114 cm³/mol. The number of para-hydroxylation sites is 2. The second-order valence-corrected chi connectivity index (χ2v) is 8.69. The Bertz CT molecular complexity index is 1280. The number of benzene rings is 2. The number of fused-ring (bicyclic) bond motifs is 1. The van der Waals surface area contributed by atoms with Crippen molar-refractivity contribution in [2.45, 2.75) is 4.34 Å². The minimum Gasteiger partial charge on any atom is -0.510 e. The lowest BCUT2D eigenvalue weighted by atomic mass is 10.2. The highest BCUT2D eigenvalue weighted by Crippen LogP contribution is 2.27. The summed E-state index contributed by atoms with van der Waals surface area (Å²) in [4.78, 5) is 7.40. The first-order chi connectivity index (χ1) is 14.0. The number of rotatable bonds is 5. The van der Waals surface area contributed by atoms with Crippen molar-refractivity contribution in [2.75, 3.05) is 5.75 Å². The Labute approximate surface area is 178 Å². The van der Waals surface area contributed by atoms with Crippen LogP contribution in [0.3, 0.4) is 0 Å². The maximum absolute atomic E-state index is 13.1. The van der Waals surface area contributed by atoms with Crippen molar-refractivity contribution in [3.8, 4) is 11.8 Å². The third-order valence-electron chi connectivity index (χ3n) is 3.96. The van der Waals surface area contributed by atoms with Gasteiger partial charge in [-0.2, -0.15) is 5.26 Å². The number of nitrogens with zero attached hydrogens (tertiary/aromatic N) is 4. The van der Waals surface area contributed by atoms with Crippen molar-refractivity contribution < 1.29 is 9.50 Å². The van der Waals surface area contributed by atoms with Gasteiger partial charge in [0.05, 0.1) is 22.5 Å². The number of halogens is 1. The van der Waals surface area contributed by atoms with Gasteiger partial charge in [0.25, 0.3) is 0 Å². The second kappa shape index (κ2) is 8.16. The van der Waals surface area contributed by atoms with Gasteiger partial charge in [0.2, 0.25) is 0 Å². The number of H-pyrrole nitrogens is 1. The van der Waals surface area contributed by atoms with E-state index in [1.54, 1.807) is 12.1 Å². The highest BCUT2D eigenvalue weighted by molar-refractivity contribution is 8.01. The molecule has 2 aromatic carbocycles. The van der Waals surface area contributed by atoms with E-state index in [0.717, 1.165) is 5.52 Å². The molecule has 0 aliphatic carbocycles. The molecule has 0 unspecified atom stereocenters. The molecule has 29 heavy (non-hydrogen) atoms. The molecule has 0 bridgehead atoms. The summed E-state index contributed by atoms with van der Waals surface area (Å²) in [5, 5.41) is 24.3. The SMILES string of the molecule is N#CC(=C(O)CSc1nn(-c2ccc(F)cc2)c(=S)s1)c1nc2ccccc2[nH]1. The Balaban J connectivity index is 1.56. The number of aliphatic hydroxyl groups excluding tert-OH is 1. The van der Waals surface area contributed by atoms with Crippen molar-refractivity contribution in [2.24, 2.45) is 0 Å². The van der Waals surface area contributed by atoms with Gasteiger partial charge in [0.1, 0.15) is 23.2 Å². The predicted octanol–water partition coefficient (Wildman–Crippen LogP) is 5.26. The normalized spacial score (nSPS) is 12.0. The van der Waals surface area contributed by atoms with Crippen molar-refractivity contribution in [3.05, 3.63) is 69.9 Å². The Morgan fingerprint density at radius 2 is 2.03 bits per heavy atom. The molecule has 4 rings (SSSR count). The molecule has 0 aliphatic heterocycles. The molecule has 10 heteroatoms. The fourth-order valence-corrected chi connectivity index (χ4v) is 4.83. The van der Waals surface area contributed by atoms with Crippen LogP contribution in [0, 0.1) is 21.1 Å². The molecule has 2 heterocycles. The summed E-state index contributed by atoms with van der Waals surface area (Å²) in [6.07, 6.45) is 0. The van der Waals surface area contributed by atoms with Gasteiger partial charge >= 0.3 is 0 Å². The van der Waals surface area contributed by atoms with Crippen LogP contribution in [-0.4, -0.2) is 30.6 Å². The van der Waals surface area contributed by atoms with Gasteiger partial charge in [-0.3, -0.25) is 0 Å². The van der Waals surface area contributed by atoms with Gasteiger partial charge in [-0.15, -0.1) is 5.10 Å². The fraction of sp³-hybridized carbons (Fsp3) is 0.0526. The lowest BCUT2D eigenvalue weighted by Crippen LogP contribution is -1.97. The number of allylic oxidation sites excluding steroid dienone is 1. The molecule has 0 saturated carbocycles. The first kappa shape index (κ1) is 19.3. The highest BCUT2D eigenvalue weighted by atomic mass is 32.2. The number of imidazole rings is 1. The van der Waals surface area contributed by atoms with Crippen LogP contribution in [0.15, 0.2) is 58.6 Å². The van der Waals surface area contributed by atoms with Crippen molar-refractivity contribution >= 4 is 51.9 Å². The lowest BCUT2D eigenvalue weighted by molar-refractivity contribution is 0.420. The maximum atomic E-state index is 13.1. The van der Waals surface area contributed by atoms with E-state index in [-0.39, 0.29) is 22.9 Å². The van der Waals surface area contributed by atoms with Crippen molar-refractivity contribution in [3.63, 3.8) is 0 Å². The lowest BCUT2D eigenvalue weighted by Gasteiger charge is -2.01. The molecule has 2 N–H and O–H groups in total. The van der Waals surface area contributed by atoms with Gasteiger partial charge in [0, 0.05) is 0 Å². The zero-order chi connectivity index (χ0) is 20.4. The van der Waals surface area contributed by atoms with E-state index in [0.29, 0.717) is 25.3 Å². The summed E-state index contributed by atoms with van der Waals surface area (Å²) in [5.74, 6) is 0.00287. The number of thioether (sulfide) groups is 1. The molecule has 144 valence electrons. The third-order valence-corrected chi connectivity index (χ3v) is 6.34. The van der Waals surface area contributed by atoms with Gasteiger partial charge in [0.15, 0.2) is 14.1 Å². The molecule has 0 fully saturated rings. The van der Waals surface area contributed by atoms with Gasteiger partial charge in [-0.05, 0) is 48.6 Å². The summed E-state index contributed by atoms with van der Waals surface area (Å²) >= 11 is 7.85. The van der Waals surface area contributed by atoms with Crippen molar-refractivity contribution in [1.82, 2.24) is 19.7 Å². The van der Waals surface area contributed by atoms with Crippen LogP contribution in [-0.2, 0) is 0 Å².